The molecule has 0 saturated carbocycles. The number of carbonyl (C=O) groups is 1. The summed E-state index contributed by atoms with van der Waals surface area (Å²) in [7, 11) is 0. The van der Waals surface area contributed by atoms with Crippen molar-refractivity contribution in [2.75, 3.05) is 5.73 Å². The lowest BCUT2D eigenvalue weighted by Gasteiger charge is -2.07. The lowest BCUT2D eigenvalue weighted by atomic mass is 10.0. The van der Waals surface area contributed by atoms with E-state index in [1.54, 1.807) is 36.4 Å². The molecule has 0 aliphatic carbocycles. The third kappa shape index (κ3) is 3.21. The van der Waals surface area contributed by atoms with Gasteiger partial charge < -0.3 is 5.73 Å². The molecule has 98 valence electrons. The SMILES string of the molecule is Nc1ccc(C(=O)Cc2c(Cl)cccc2Cl)cc1Cl. The van der Waals surface area contributed by atoms with Crippen LogP contribution in [0.4, 0.5) is 5.69 Å². The predicted octanol–water partition coefficient (Wildman–Crippen LogP) is 4.65. The van der Waals surface area contributed by atoms with Gasteiger partial charge in [0.2, 0.25) is 0 Å². The summed E-state index contributed by atoms with van der Waals surface area (Å²) in [6, 6.07) is 9.92. The molecule has 0 atom stereocenters. The van der Waals surface area contributed by atoms with Crippen molar-refractivity contribution in [3.8, 4) is 0 Å². The average Bonchev–Trinajstić information content (AvgIpc) is 2.37. The maximum Gasteiger partial charge on any atom is 0.167 e. The van der Waals surface area contributed by atoms with Gasteiger partial charge in [0, 0.05) is 22.0 Å². The van der Waals surface area contributed by atoms with Crippen molar-refractivity contribution in [1.29, 1.82) is 0 Å². The topological polar surface area (TPSA) is 43.1 Å². The van der Waals surface area contributed by atoms with Crippen LogP contribution in [0, 0.1) is 0 Å². The fraction of sp³-hybridized carbons (Fsp3) is 0.0714. The van der Waals surface area contributed by atoms with Crippen LogP contribution in [0.3, 0.4) is 0 Å². The molecule has 19 heavy (non-hydrogen) atoms. The van der Waals surface area contributed by atoms with Crippen LogP contribution in [0.5, 0.6) is 0 Å². The molecule has 2 aromatic rings. The number of carbonyl (C=O) groups excluding carboxylic acids is 1. The van der Waals surface area contributed by atoms with Gasteiger partial charge in [0.1, 0.15) is 0 Å². The maximum absolute atomic E-state index is 12.2. The zero-order valence-electron chi connectivity index (χ0n) is 9.79. The number of nitrogens with two attached hydrogens (primary N) is 1. The first kappa shape index (κ1) is 14.2. The first-order chi connectivity index (χ1) is 8.99. The van der Waals surface area contributed by atoms with Crippen LogP contribution >= 0.6 is 34.8 Å². The number of Topliss-reactive ketones (excluding diaryl/α,β-unsaturated/α-hetero) is 1. The van der Waals surface area contributed by atoms with Gasteiger partial charge in [0.25, 0.3) is 0 Å². The van der Waals surface area contributed by atoms with Crippen molar-refractivity contribution < 1.29 is 4.79 Å². The summed E-state index contributed by atoms with van der Waals surface area (Å²) >= 11 is 18.0. The Bertz CT molecular complexity index is 620. The Morgan fingerprint density at radius 3 is 2.21 bits per heavy atom. The summed E-state index contributed by atoms with van der Waals surface area (Å²) < 4.78 is 0. The minimum absolute atomic E-state index is 0.114. The van der Waals surface area contributed by atoms with E-state index in [1.165, 1.54) is 0 Å². The zero-order chi connectivity index (χ0) is 14.0. The Morgan fingerprint density at radius 2 is 1.63 bits per heavy atom. The second kappa shape index (κ2) is 5.83. The monoisotopic (exact) mass is 313 g/mol. The van der Waals surface area contributed by atoms with E-state index < -0.39 is 0 Å². The molecule has 0 spiro atoms. The number of benzene rings is 2. The fourth-order valence-electron chi connectivity index (χ4n) is 1.66. The van der Waals surface area contributed by atoms with Crippen molar-refractivity contribution in [1.82, 2.24) is 0 Å². The minimum atomic E-state index is -0.114. The Labute approximate surface area is 126 Å². The smallest absolute Gasteiger partial charge is 0.167 e. The summed E-state index contributed by atoms with van der Waals surface area (Å²) in [4.78, 5) is 12.2. The van der Waals surface area contributed by atoms with E-state index in [9.17, 15) is 4.79 Å². The molecule has 2 nitrogen and oxygen atoms in total. The minimum Gasteiger partial charge on any atom is -0.398 e. The molecule has 2 aromatic carbocycles. The van der Waals surface area contributed by atoms with Gasteiger partial charge in [0.05, 0.1) is 10.7 Å². The Morgan fingerprint density at radius 1 is 1.00 bits per heavy atom. The van der Waals surface area contributed by atoms with Gasteiger partial charge in [-0.15, -0.1) is 0 Å². The zero-order valence-corrected chi connectivity index (χ0v) is 12.1. The summed E-state index contributed by atoms with van der Waals surface area (Å²) in [5.41, 5.74) is 7.14. The van der Waals surface area contributed by atoms with E-state index in [1.807, 2.05) is 0 Å². The van der Waals surface area contributed by atoms with E-state index in [0.717, 1.165) is 0 Å². The molecule has 5 heteroatoms. The lowest BCUT2D eigenvalue weighted by molar-refractivity contribution is 0.0993. The van der Waals surface area contributed by atoms with Gasteiger partial charge in [-0.05, 0) is 35.9 Å². The number of anilines is 1. The molecule has 0 bridgehead atoms. The maximum atomic E-state index is 12.2. The number of hydrogen-bond donors (Lipinski definition) is 1. The lowest BCUT2D eigenvalue weighted by Crippen LogP contribution is -2.05. The van der Waals surface area contributed by atoms with Crippen LogP contribution < -0.4 is 5.73 Å². The number of hydrogen-bond acceptors (Lipinski definition) is 2. The van der Waals surface area contributed by atoms with E-state index in [4.69, 9.17) is 40.5 Å². The number of halogens is 3. The molecule has 0 aliphatic heterocycles. The van der Waals surface area contributed by atoms with E-state index >= 15 is 0 Å². The van der Waals surface area contributed by atoms with Crippen molar-refractivity contribution in [2.24, 2.45) is 0 Å². The molecular weight excluding hydrogens is 305 g/mol. The summed E-state index contributed by atoms with van der Waals surface area (Å²) in [5.74, 6) is -0.114. The first-order valence-corrected chi connectivity index (χ1v) is 6.63. The fourth-order valence-corrected chi connectivity index (χ4v) is 2.38. The second-order valence-electron chi connectivity index (χ2n) is 4.04. The van der Waals surface area contributed by atoms with Crippen LogP contribution in [0.1, 0.15) is 15.9 Å². The largest absolute Gasteiger partial charge is 0.398 e. The van der Waals surface area contributed by atoms with Crippen LogP contribution in [0.25, 0.3) is 0 Å². The third-order valence-electron chi connectivity index (χ3n) is 2.72. The molecule has 0 saturated heterocycles. The van der Waals surface area contributed by atoms with Crippen molar-refractivity contribution >= 4 is 46.3 Å². The molecule has 0 unspecified atom stereocenters. The molecule has 0 heterocycles. The number of nitrogen functional groups attached to an aromatic ring is 1. The Hall–Kier alpha value is -1.22. The normalized spacial score (nSPS) is 10.5. The predicted molar refractivity (Wildman–Crippen MR) is 80.4 cm³/mol. The highest BCUT2D eigenvalue weighted by molar-refractivity contribution is 6.36. The molecule has 0 amide bonds. The standard InChI is InChI=1S/C14H10Cl3NO/c15-10-2-1-3-11(16)9(10)7-14(19)8-4-5-13(18)12(17)6-8/h1-6H,7,18H2. The summed E-state index contributed by atoms with van der Waals surface area (Å²) in [5, 5.41) is 1.31. The van der Waals surface area contributed by atoms with Gasteiger partial charge in [-0.1, -0.05) is 40.9 Å². The second-order valence-corrected chi connectivity index (χ2v) is 5.26. The third-order valence-corrected chi connectivity index (χ3v) is 3.76. The molecule has 0 fully saturated rings. The molecule has 2 rings (SSSR count). The highest BCUT2D eigenvalue weighted by Gasteiger charge is 2.13. The van der Waals surface area contributed by atoms with Crippen LogP contribution in [0.15, 0.2) is 36.4 Å². The van der Waals surface area contributed by atoms with Gasteiger partial charge in [0.15, 0.2) is 5.78 Å². The number of ketones is 1. The Kier molecular flexibility index (Phi) is 4.35. The highest BCUT2D eigenvalue weighted by Crippen LogP contribution is 2.27. The van der Waals surface area contributed by atoms with Crippen LogP contribution in [-0.2, 0) is 6.42 Å². The Balaban J connectivity index is 2.28. The average molecular weight is 315 g/mol. The molecule has 2 N–H and O–H groups in total. The molecule has 0 aliphatic rings. The quantitative estimate of drug-likeness (QED) is 0.661. The summed E-state index contributed by atoms with van der Waals surface area (Å²) in [6.45, 7) is 0. The van der Waals surface area contributed by atoms with Crippen LogP contribution in [-0.4, -0.2) is 5.78 Å². The first-order valence-electron chi connectivity index (χ1n) is 5.50. The van der Waals surface area contributed by atoms with E-state index in [-0.39, 0.29) is 12.2 Å². The highest BCUT2D eigenvalue weighted by atomic mass is 35.5. The van der Waals surface area contributed by atoms with Gasteiger partial charge in [-0.3, -0.25) is 4.79 Å². The molecular formula is C14H10Cl3NO. The van der Waals surface area contributed by atoms with Crippen molar-refractivity contribution in [3.05, 3.63) is 62.6 Å². The van der Waals surface area contributed by atoms with Crippen molar-refractivity contribution in [2.45, 2.75) is 6.42 Å². The van der Waals surface area contributed by atoms with E-state index in [2.05, 4.69) is 0 Å². The molecule has 0 radical (unpaired) electrons. The van der Waals surface area contributed by atoms with Gasteiger partial charge >= 0.3 is 0 Å². The molecule has 0 aromatic heterocycles. The summed E-state index contributed by atoms with van der Waals surface area (Å²) in [6.07, 6.45) is 0.124. The van der Waals surface area contributed by atoms with Gasteiger partial charge in [-0.25, -0.2) is 0 Å². The van der Waals surface area contributed by atoms with Crippen LogP contribution in [0.2, 0.25) is 15.1 Å². The van der Waals surface area contributed by atoms with Gasteiger partial charge in [-0.2, -0.15) is 0 Å². The van der Waals surface area contributed by atoms with Crippen molar-refractivity contribution in [3.63, 3.8) is 0 Å². The van der Waals surface area contributed by atoms with E-state index in [0.29, 0.717) is 31.9 Å². The number of rotatable bonds is 3.